The van der Waals surface area contributed by atoms with Crippen LogP contribution >= 0.6 is 11.6 Å². The Hall–Kier alpha value is -3.52. The van der Waals surface area contributed by atoms with Crippen LogP contribution in [0.2, 0.25) is 5.02 Å². The number of anilines is 4. The van der Waals surface area contributed by atoms with Gasteiger partial charge in [0.1, 0.15) is 29.0 Å². The predicted molar refractivity (Wildman–Crippen MR) is 109 cm³/mol. The smallest absolute Gasteiger partial charge is 0.165 e. The van der Waals surface area contributed by atoms with Gasteiger partial charge in [-0.15, -0.1) is 0 Å². The molecule has 3 N–H and O–H groups in total. The van der Waals surface area contributed by atoms with E-state index in [9.17, 15) is 0 Å². The molecule has 0 amide bonds. The van der Waals surface area contributed by atoms with Crippen molar-refractivity contribution in [3.05, 3.63) is 53.8 Å². The number of hydrogen-bond donors (Lipinski definition) is 3. The van der Waals surface area contributed by atoms with E-state index in [1.165, 1.54) is 6.33 Å². The first-order valence-corrected chi connectivity index (χ1v) is 8.76. The van der Waals surface area contributed by atoms with Gasteiger partial charge >= 0.3 is 0 Å². The van der Waals surface area contributed by atoms with Gasteiger partial charge in [-0.2, -0.15) is 5.10 Å². The lowest BCUT2D eigenvalue weighted by Crippen LogP contribution is -1.98. The van der Waals surface area contributed by atoms with Crippen molar-refractivity contribution in [2.45, 2.75) is 0 Å². The van der Waals surface area contributed by atoms with Crippen molar-refractivity contribution < 1.29 is 9.47 Å². The first-order valence-electron chi connectivity index (χ1n) is 8.38. The van der Waals surface area contributed by atoms with Crippen LogP contribution in [0.4, 0.5) is 23.0 Å². The number of methoxy groups -OCH3 is 2. The van der Waals surface area contributed by atoms with Crippen molar-refractivity contribution in [2.24, 2.45) is 0 Å². The molecule has 2 aromatic carbocycles. The van der Waals surface area contributed by atoms with E-state index in [-0.39, 0.29) is 0 Å². The molecule has 0 unspecified atom stereocenters. The van der Waals surface area contributed by atoms with Crippen LogP contribution in [-0.4, -0.2) is 34.4 Å². The van der Waals surface area contributed by atoms with Gasteiger partial charge in [-0.25, -0.2) is 9.97 Å². The molecule has 0 spiro atoms. The molecular formula is C19H17ClN6O2. The highest BCUT2D eigenvalue weighted by atomic mass is 35.5. The molecule has 0 atom stereocenters. The average molecular weight is 397 g/mol. The summed E-state index contributed by atoms with van der Waals surface area (Å²) >= 11 is 6.08. The Morgan fingerprint density at radius 2 is 1.64 bits per heavy atom. The highest BCUT2D eigenvalue weighted by molar-refractivity contribution is 6.30. The molecule has 0 aliphatic carbocycles. The van der Waals surface area contributed by atoms with Gasteiger partial charge in [-0.3, -0.25) is 5.10 Å². The summed E-state index contributed by atoms with van der Waals surface area (Å²) in [4.78, 5) is 8.61. The zero-order valence-electron chi connectivity index (χ0n) is 15.2. The first-order chi connectivity index (χ1) is 13.7. The number of H-pyrrole nitrogens is 1. The van der Waals surface area contributed by atoms with E-state index in [0.29, 0.717) is 39.2 Å². The molecule has 2 aromatic heterocycles. The van der Waals surface area contributed by atoms with Crippen molar-refractivity contribution in [2.75, 3.05) is 24.9 Å². The van der Waals surface area contributed by atoms with Crippen LogP contribution in [-0.2, 0) is 0 Å². The molecule has 0 saturated carbocycles. The maximum absolute atomic E-state index is 6.08. The lowest BCUT2D eigenvalue weighted by atomic mass is 10.2. The van der Waals surface area contributed by atoms with Crippen LogP contribution in [0, 0.1) is 0 Å². The van der Waals surface area contributed by atoms with Crippen LogP contribution in [0.3, 0.4) is 0 Å². The second kappa shape index (κ2) is 7.61. The van der Waals surface area contributed by atoms with E-state index in [1.807, 2.05) is 36.4 Å². The Morgan fingerprint density at radius 1 is 0.893 bits per heavy atom. The van der Waals surface area contributed by atoms with Crippen molar-refractivity contribution in [1.82, 2.24) is 20.2 Å². The highest BCUT2D eigenvalue weighted by Gasteiger charge is 2.14. The van der Waals surface area contributed by atoms with Crippen LogP contribution in [0.1, 0.15) is 0 Å². The maximum atomic E-state index is 6.08. The van der Waals surface area contributed by atoms with E-state index >= 15 is 0 Å². The number of fused-ring (bicyclic) bond motifs is 1. The number of hydrogen-bond acceptors (Lipinski definition) is 7. The zero-order valence-corrected chi connectivity index (χ0v) is 15.9. The summed E-state index contributed by atoms with van der Waals surface area (Å²) < 4.78 is 10.6. The molecule has 9 heteroatoms. The minimum absolute atomic E-state index is 0.565. The molecule has 0 aliphatic heterocycles. The van der Waals surface area contributed by atoms with Gasteiger partial charge in [-0.1, -0.05) is 17.7 Å². The lowest BCUT2D eigenvalue weighted by molar-refractivity contribution is 0.395. The van der Waals surface area contributed by atoms with Crippen LogP contribution in [0.25, 0.3) is 11.0 Å². The van der Waals surface area contributed by atoms with Crippen LogP contribution in [0.5, 0.6) is 11.5 Å². The number of halogens is 1. The predicted octanol–water partition coefficient (Wildman–Crippen LogP) is 4.51. The van der Waals surface area contributed by atoms with Gasteiger partial charge in [0.05, 0.1) is 14.2 Å². The van der Waals surface area contributed by atoms with Crippen molar-refractivity contribution >= 4 is 45.6 Å². The van der Waals surface area contributed by atoms with Crippen molar-refractivity contribution in [3.63, 3.8) is 0 Å². The molecule has 0 bridgehead atoms. The van der Waals surface area contributed by atoms with E-state index in [2.05, 4.69) is 30.8 Å². The summed E-state index contributed by atoms with van der Waals surface area (Å²) in [7, 11) is 3.20. The molecule has 28 heavy (non-hydrogen) atoms. The highest BCUT2D eigenvalue weighted by Crippen LogP contribution is 2.33. The monoisotopic (exact) mass is 396 g/mol. The third-order valence-corrected chi connectivity index (χ3v) is 4.29. The molecule has 0 aliphatic rings. The number of benzene rings is 2. The fraction of sp³-hybridized carbons (Fsp3) is 0.105. The normalized spacial score (nSPS) is 10.7. The van der Waals surface area contributed by atoms with Gasteiger partial charge in [0.2, 0.25) is 0 Å². The molecule has 4 rings (SSSR count). The van der Waals surface area contributed by atoms with Crippen molar-refractivity contribution in [3.8, 4) is 11.5 Å². The molecule has 4 aromatic rings. The van der Waals surface area contributed by atoms with Crippen molar-refractivity contribution in [1.29, 1.82) is 0 Å². The Labute approximate surface area is 165 Å². The summed E-state index contributed by atoms with van der Waals surface area (Å²) in [6.45, 7) is 0. The Morgan fingerprint density at radius 3 is 2.36 bits per heavy atom. The van der Waals surface area contributed by atoms with Gasteiger partial charge < -0.3 is 20.1 Å². The third kappa shape index (κ3) is 3.63. The number of aromatic nitrogens is 4. The average Bonchev–Trinajstić information content (AvgIpc) is 3.11. The summed E-state index contributed by atoms with van der Waals surface area (Å²) in [5, 5.41) is 15.1. The minimum atomic E-state index is 0.565. The fourth-order valence-corrected chi connectivity index (χ4v) is 2.95. The number of nitrogens with zero attached hydrogens (tertiary/aromatic N) is 3. The van der Waals surface area contributed by atoms with E-state index < -0.39 is 0 Å². The Bertz CT molecular complexity index is 1110. The molecule has 0 saturated heterocycles. The number of aromatic amines is 1. The summed E-state index contributed by atoms with van der Waals surface area (Å²) in [5.74, 6) is 2.49. The number of rotatable bonds is 6. The van der Waals surface area contributed by atoms with Gasteiger partial charge in [-0.05, 0) is 18.2 Å². The summed E-state index contributed by atoms with van der Waals surface area (Å²) in [5.41, 5.74) is 2.15. The molecule has 0 fully saturated rings. The number of ether oxygens (including phenoxy) is 2. The second-order valence-electron chi connectivity index (χ2n) is 5.88. The molecule has 2 heterocycles. The topological polar surface area (TPSA) is 97.0 Å². The van der Waals surface area contributed by atoms with Gasteiger partial charge in [0.25, 0.3) is 0 Å². The Kier molecular flexibility index (Phi) is 4.86. The second-order valence-corrected chi connectivity index (χ2v) is 6.32. The molecule has 0 radical (unpaired) electrons. The largest absolute Gasteiger partial charge is 0.497 e. The molecular weight excluding hydrogens is 380 g/mol. The molecule has 142 valence electrons. The fourth-order valence-electron chi connectivity index (χ4n) is 2.76. The first kappa shape index (κ1) is 17.9. The third-order valence-electron chi connectivity index (χ3n) is 4.06. The minimum Gasteiger partial charge on any atom is -0.497 e. The lowest BCUT2D eigenvalue weighted by Gasteiger charge is -2.11. The summed E-state index contributed by atoms with van der Waals surface area (Å²) in [6.07, 6.45) is 1.46. The van der Waals surface area contributed by atoms with Gasteiger partial charge in [0, 0.05) is 34.6 Å². The van der Waals surface area contributed by atoms with E-state index in [0.717, 1.165) is 11.4 Å². The van der Waals surface area contributed by atoms with Crippen LogP contribution < -0.4 is 20.1 Å². The maximum Gasteiger partial charge on any atom is 0.165 e. The van der Waals surface area contributed by atoms with E-state index in [4.69, 9.17) is 21.1 Å². The Balaban J connectivity index is 1.72. The molecule has 8 nitrogen and oxygen atoms in total. The standard InChI is InChI=1S/C19H17ClN6O2/c1-27-14-7-13(8-15(9-14)28-2)24-19-16-17(21-10-22-18(16)25-26-19)23-12-5-3-4-11(20)6-12/h3-10H,1-2H3,(H3,21,22,23,24,25,26). The zero-order chi connectivity index (χ0) is 19.5. The van der Waals surface area contributed by atoms with Gasteiger partial charge in [0.15, 0.2) is 11.5 Å². The number of nitrogens with one attached hydrogen (secondary N) is 3. The summed E-state index contributed by atoms with van der Waals surface area (Å²) in [6, 6.07) is 12.9. The SMILES string of the molecule is COc1cc(Nc2n[nH]c3ncnc(Nc4cccc(Cl)c4)c23)cc(OC)c1. The van der Waals surface area contributed by atoms with E-state index in [1.54, 1.807) is 20.3 Å². The van der Waals surface area contributed by atoms with Crippen LogP contribution in [0.15, 0.2) is 48.8 Å². The quantitative estimate of drug-likeness (QED) is 0.441.